The van der Waals surface area contributed by atoms with Gasteiger partial charge in [-0.15, -0.1) is 0 Å². The SMILES string of the molecule is CC(C)(C)[C@@H](N)c1ccc(Br)cn1. The number of hydrogen-bond donors (Lipinski definition) is 1. The Labute approximate surface area is 87.7 Å². The van der Waals surface area contributed by atoms with Gasteiger partial charge < -0.3 is 5.73 Å². The maximum atomic E-state index is 6.04. The van der Waals surface area contributed by atoms with Crippen LogP contribution in [0.5, 0.6) is 0 Å². The van der Waals surface area contributed by atoms with Gasteiger partial charge in [0.25, 0.3) is 0 Å². The lowest BCUT2D eigenvalue weighted by Gasteiger charge is -2.26. The van der Waals surface area contributed by atoms with Crippen molar-refractivity contribution in [2.24, 2.45) is 11.1 Å². The fraction of sp³-hybridized carbons (Fsp3) is 0.500. The van der Waals surface area contributed by atoms with E-state index in [4.69, 9.17) is 5.73 Å². The summed E-state index contributed by atoms with van der Waals surface area (Å²) in [6.07, 6.45) is 1.78. The van der Waals surface area contributed by atoms with E-state index in [-0.39, 0.29) is 11.5 Å². The second-order valence-electron chi connectivity index (χ2n) is 4.24. The monoisotopic (exact) mass is 242 g/mol. The van der Waals surface area contributed by atoms with E-state index >= 15 is 0 Å². The van der Waals surface area contributed by atoms with E-state index in [2.05, 4.69) is 41.7 Å². The Bertz CT molecular complexity index is 274. The maximum Gasteiger partial charge on any atom is 0.0577 e. The average molecular weight is 243 g/mol. The van der Waals surface area contributed by atoms with E-state index in [9.17, 15) is 0 Å². The summed E-state index contributed by atoms with van der Waals surface area (Å²) in [5.41, 5.74) is 7.04. The van der Waals surface area contributed by atoms with Crippen LogP contribution in [0.25, 0.3) is 0 Å². The van der Waals surface area contributed by atoms with Gasteiger partial charge in [0.1, 0.15) is 0 Å². The van der Waals surface area contributed by atoms with Crippen LogP contribution in [0, 0.1) is 5.41 Å². The van der Waals surface area contributed by atoms with E-state index < -0.39 is 0 Å². The van der Waals surface area contributed by atoms with Crippen LogP contribution in [0.4, 0.5) is 0 Å². The third-order valence-electron chi connectivity index (χ3n) is 2.00. The number of nitrogens with zero attached hydrogens (tertiary/aromatic N) is 1. The van der Waals surface area contributed by atoms with Crippen molar-refractivity contribution in [3.8, 4) is 0 Å². The predicted molar refractivity (Wildman–Crippen MR) is 58.3 cm³/mol. The summed E-state index contributed by atoms with van der Waals surface area (Å²) in [5.74, 6) is 0. The number of hydrogen-bond acceptors (Lipinski definition) is 2. The number of aromatic nitrogens is 1. The van der Waals surface area contributed by atoms with E-state index in [1.54, 1.807) is 6.20 Å². The minimum absolute atomic E-state index is 0.0133. The second kappa shape index (κ2) is 3.76. The van der Waals surface area contributed by atoms with Crippen molar-refractivity contribution in [2.45, 2.75) is 26.8 Å². The summed E-state index contributed by atoms with van der Waals surface area (Å²) in [7, 11) is 0. The predicted octanol–water partition coefficient (Wildman–Crippen LogP) is 2.89. The molecule has 0 saturated heterocycles. The highest BCUT2D eigenvalue weighted by Crippen LogP contribution is 2.29. The van der Waals surface area contributed by atoms with Crippen molar-refractivity contribution in [1.29, 1.82) is 0 Å². The third kappa shape index (κ3) is 2.78. The lowest BCUT2D eigenvalue weighted by molar-refractivity contribution is 0.321. The molecule has 0 bridgehead atoms. The van der Waals surface area contributed by atoms with Gasteiger partial charge in [-0.05, 0) is 33.5 Å². The molecule has 13 heavy (non-hydrogen) atoms. The molecule has 0 saturated carbocycles. The summed E-state index contributed by atoms with van der Waals surface area (Å²) < 4.78 is 0.984. The Kier molecular flexibility index (Phi) is 3.09. The Balaban J connectivity index is 2.90. The smallest absolute Gasteiger partial charge is 0.0577 e. The van der Waals surface area contributed by atoms with Gasteiger partial charge >= 0.3 is 0 Å². The first kappa shape index (κ1) is 10.7. The molecule has 0 aromatic carbocycles. The second-order valence-corrected chi connectivity index (χ2v) is 5.16. The van der Waals surface area contributed by atoms with Crippen molar-refractivity contribution >= 4 is 15.9 Å². The molecule has 1 atom stereocenters. The van der Waals surface area contributed by atoms with Crippen LogP contribution in [0.3, 0.4) is 0 Å². The molecule has 3 heteroatoms. The van der Waals surface area contributed by atoms with Gasteiger partial charge in [-0.1, -0.05) is 20.8 Å². The first-order valence-electron chi connectivity index (χ1n) is 4.28. The van der Waals surface area contributed by atoms with Gasteiger partial charge in [0.2, 0.25) is 0 Å². The molecule has 0 fully saturated rings. The zero-order valence-corrected chi connectivity index (χ0v) is 9.80. The highest BCUT2D eigenvalue weighted by atomic mass is 79.9. The zero-order valence-electron chi connectivity index (χ0n) is 8.21. The van der Waals surface area contributed by atoms with E-state index in [1.807, 2.05) is 12.1 Å². The van der Waals surface area contributed by atoms with Crippen LogP contribution < -0.4 is 5.73 Å². The van der Waals surface area contributed by atoms with Gasteiger partial charge in [0.15, 0.2) is 0 Å². The van der Waals surface area contributed by atoms with Crippen molar-refractivity contribution in [3.05, 3.63) is 28.5 Å². The Morgan fingerprint density at radius 3 is 2.38 bits per heavy atom. The van der Waals surface area contributed by atoms with Crippen LogP contribution in [0.15, 0.2) is 22.8 Å². The quantitative estimate of drug-likeness (QED) is 0.823. The molecule has 1 rings (SSSR count). The van der Waals surface area contributed by atoms with Crippen molar-refractivity contribution in [2.75, 3.05) is 0 Å². The molecule has 0 amide bonds. The highest BCUT2D eigenvalue weighted by Gasteiger charge is 2.22. The minimum Gasteiger partial charge on any atom is -0.322 e. The first-order valence-corrected chi connectivity index (χ1v) is 5.07. The summed E-state index contributed by atoms with van der Waals surface area (Å²) in [5, 5.41) is 0. The van der Waals surface area contributed by atoms with E-state index in [0.29, 0.717) is 0 Å². The highest BCUT2D eigenvalue weighted by molar-refractivity contribution is 9.10. The summed E-state index contributed by atoms with van der Waals surface area (Å²) in [4.78, 5) is 4.27. The average Bonchev–Trinajstić information content (AvgIpc) is 2.03. The Morgan fingerprint density at radius 2 is 2.00 bits per heavy atom. The first-order chi connectivity index (χ1) is 5.91. The number of halogens is 1. The fourth-order valence-electron chi connectivity index (χ4n) is 1.01. The summed E-state index contributed by atoms with van der Waals surface area (Å²) >= 11 is 3.34. The molecule has 0 spiro atoms. The third-order valence-corrected chi connectivity index (χ3v) is 2.47. The van der Waals surface area contributed by atoms with Gasteiger partial charge in [-0.25, -0.2) is 0 Å². The molecule has 0 aliphatic carbocycles. The molecule has 0 aliphatic heterocycles. The largest absolute Gasteiger partial charge is 0.322 e. The molecule has 2 N–H and O–H groups in total. The minimum atomic E-state index is -0.0133. The van der Waals surface area contributed by atoms with Crippen LogP contribution in [0.2, 0.25) is 0 Å². The molecule has 0 aliphatic rings. The van der Waals surface area contributed by atoms with Gasteiger partial charge in [-0.2, -0.15) is 0 Å². The standard InChI is InChI=1S/C10H15BrN2/c1-10(2,3)9(12)8-5-4-7(11)6-13-8/h4-6,9H,12H2,1-3H3/t9-/m0/s1. The van der Waals surface area contributed by atoms with E-state index in [1.165, 1.54) is 0 Å². The van der Waals surface area contributed by atoms with Gasteiger partial charge in [0.05, 0.1) is 11.7 Å². The lowest BCUT2D eigenvalue weighted by atomic mass is 9.85. The topological polar surface area (TPSA) is 38.9 Å². The molecule has 1 heterocycles. The van der Waals surface area contributed by atoms with Gasteiger partial charge in [0, 0.05) is 10.7 Å². The Morgan fingerprint density at radius 1 is 1.38 bits per heavy atom. The van der Waals surface area contributed by atoms with Crippen LogP contribution in [-0.2, 0) is 0 Å². The molecule has 2 nitrogen and oxygen atoms in total. The summed E-state index contributed by atoms with van der Waals surface area (Å²) in [6.45, 7) is 6.34. The number of nitrogens with two attached hydrogens (primary N) is 1. The lowest BCUT2D eigenvalue weighted by Crippen LogP contribution is -2.26. The molecule has 1 aromatic rings. The van der Waals surface area contributed by atoms with Crippen molar-refractivity contribution < 1.29 is 0 Å². The number of rotatable bonds is 1. The summed E-state index contributed by atoms with van der Waals surface area (Å²) in [6, 6.07) is 3.91. The van der Waals surface area contributed by atoms with Crippen molar-refractivity contribution in [3.63, 3.8) is 0 Å². The maximum absolute atomic E-state index is 6.04. The van der Waals surface area contributed by atoms with Gasteiger partial charge in [-0.3, -0.25) is 4.98 Å². The zero-order chi connectivity index (χ0) is 10.1. The van der Waals surface area contributed by atoms with E-state index in [0.717, 1.165) is 10.2 Å². The molecule has 0 unspecified atom stereocenters. The normalized spacial score (nSPS) is 14.2. The number of pyridine rings is 1. The fourth-order valence-corrected chi connectivity index (χ4v) is 1.25. The molecule has 0 radical (unpaired) electrons. The van der Waals surface area contributed by atoms with Crippen LogP contribution in [0.1, 0.15) is 32.5 Å². The molecular formula is C10H15BrN2. The van der Waals surface area contributed by atoms with Crippen LogP contribution in [-0.4, -0.2) is 4.98 Å². The molecular weight excluding hydrogens is 228 g/mol. The van der Waals surface area contributed by atoms with Crippen molar-refractivity contribution in [1.82, 2.24) is 4.98 Å². The molecule has 72 valence electrons. The Hall–Kier alpha value is -0.410. The molecule has 1 aromatic heterocycles. The van der Waals surface area contributed by atoms with Crippen LogP contribution >= 0.6 is 15.9 Å².